The van der Waals surface area contributed by atoms with Crippen molar-refractivity contribution in [2.75, 3.05) is 5.73 Å². The van der Waals surface area contributed by atoms with E-state index in [1.165, 1.54) is 9.13 Å². The van der Waals surface area contributed by atoms with E-state index in [0.29, 0.717) is 0 Å². The molecule has 0 fully saturated rings. The highest BCUT2D eigenvalue weighted by atomic mass is 127. The lowest BCUT2D eigenvalue weighted by atomic mass is 10.2. The van der Waals surface area contributed by atoms with Gasteiger partial charge in [-0.15, -0.1) is 0 Å². The molecule has 0 atom stereocenters. The van der Waals surface area contributed by atoms with Crippen LogP contribution in [0.2, 0.25) is 0 Å². The maximum atomic E-state index is 5.58. The predicted molar refractivity (Wildman–Crippen MR) is 52.9 cm³/mol. The van der Waals surface area contributed by atoms with Crippen molar-refractivity contribution in [2.45, 2.75) is 13.3 Å². The first kappa shape index (κ1) is 7.85. The number of nitrogens with two attached hydrogens (primary N) is 1. The SMILES string of the molecule is CCc1ccc(N)cc1I. The minimum atomic E-state index is 0.849. The van der Waals surface area contributed by atoms with Crippen LogP contribution >= 0.6 is 22.6 Å². The van der Waals surface area contributed by atoms with Gasteiger partial charge in [-0.1, -0.05) is 13.0 Å². The van der Waals surface area contributed by atoms with Gasteiger partial charge in [0.2, 0.25) is 0 Å². The fourth-order valence-electron chi connectivity index (χ4n) is 0.850. The number of nitrogen functional groups attached to an aromatic ring is 1. The molecule has 0 aliphatic rings. The molecule has 1 rings (SSSR count). The first-order valence-corrected chi connectivity index (χ1v) is 4.36. The normalized spacial score (nSPS) is 9.80. The third-order valence-corrected chi connectivity index (χ3v) is 2.46. The minimum Gasteiger partial charge on any atom is -0.399 e. The first-order chi connectivity index (χ1) is 4.74. The summed E-state index contributed by atoms with van der Waals surface area (Å²) < 4.78 is 1.26. The summed E-state index contributed by atoms with van der Waals surface area (Å²) in [5, 5.41) is 0. The topological polar surface area (TPSA) is 26.0 Å². The number of aryl methyl sites for hydroxylation is 1. The molecule has 0 saturated carbocycles. The second-order valence-electron chi connectivity index (χ2n) is 2.20. The fraction of sp³-hybridized carbons (Fsp3) is 0.250. The molecule has 0 radical (unpaired) electrons. The third-order valence-electron chi connectivity index (χ3n) is 1.46. The van der Waals surface area contributed by atoms with Crippen molar-refractivity contribution in [1.29, 1.82) is 0 Å². The van der Waals surface area contributed by atoms with Crippen LogP contribution in [0.15, 0.2) is 18.2 Å². The van der Waals surface area contributed by atoms with Crippen LogP contribution in [0.5, 0.6) is 0 Å². The molecular weight excluding hydrogens is 237 g/mol. The van der Waals surface area contributed by atoms with E-state index < -0.39 is 0 Å². The Bertz CT molecular complexity index is 233. The number of hydrogen-bond acceptors (Lipinski definition) is 1. The summed E-state index contributed by atoms with van der Waals surface area (Å²) in [6.45, 7) is 2.15. The molecule has 1 nitrogen and oxygen atoms in total. The lowest BCUT2D eigenvalue weighted by Crippen LogP contribution is -1.89. The number of anilines is 1. The molecule has 0 bridgehead atoms. The zero-order chi connectivity index (χ0) is 7.56. The smallest absolute Gasteiger partial charge is 0.0324 e. The van der Waals surface area contributed by atoms with Crippen LogP contribution in [0, 0.1) is 3.57 Å². The number of rotatable bonds is 1. The molecule has 2 heteroatoms. The van der Waals surface area contributed by atoms with Gasteiger partial charge in [-0.2, -0.15) is 0 Å². The molecule has 0 amide bonds. The molecule has 1 aromatic carbocycles. The Morgan fingerprint density at radius 1 is 1.50 bits per heavy atom. The molecule has 0 aliphatic heterocycles. The van der Waals surface area contributed by atoms with Crippen LogP contribution in [-0.4, -0.2) is 0 Å². The van der Waals surface area contributed by atoms with Crippen molar-refractivity contribution in [1.82, 2.24) is 0 Å². The van der Waals surface area contributed by atoms with E-state index in [9.17, 15) is 0 Å². The van der Waals surface area contributed by atoms with Crippen molar-refractivity contribution in [2.24, 2.45) is 0 Å². The molecule has 0 aromatic heterocycles. The highest BCUT2D eigenvalue weighted by molar-refractivity contribution is 14.1. The van der Waals surface area contributed by atoms with Crippen molar-refractivity contribution < 1.29 is 0 Å². The second-order valence-corrected chi connectivity index (χ2v) is 3.37. The average Bonchev–Trinajstić information content (AvgIpc) is 1.88. The van der Waals surface area contributed by atoms with Gasteiger partial charge in [0.05, 0.1) is 0 Å². The summed E-state index contributed by atoms with van der Waals surface area (Å²) >= 11 is 2.31. The maximum Gasteiger partial charge on any atom is 0.0324 e. The second kappa shape index (κ2) is 3.23. The van der Waals surface area contributed by atoms with E-state index in [1.54, 1.807) is 0 Å². The van der Waals surface area contributed by atoms with Gasteiger partial charge in [-0.05, 0) is 46.7 Å². The monoisotopic (exact) mass is 247 g/mol. The molecule has 1 aromatic rings. The first-order valence-electron chi connectivity index (χ1n) is 3.28. The van der Waals surface area contributed by atoms with Gasteiger partial charge < -0.3 is 5.73 Å². The third kappa shape index (κ3) is 1.62. The van der Waals surface area contributed by atoms with Crippen molar-refractivity contribution >= 4 is 28.3 Å². The summed E-state index contributed by atoms with van der Waals surface area (Å²) in [5.74, 6) is 0. The summed E-state index contributed by atoms with van der Waals surface area (Å²) in [4.78, 5) is 0. The molecule has 0 spiro atoms. The molecular formula is C8H10IN. The molecule has 54 valence electrons. The van der Waals surface area contributed by atoms with Gasteiger partial charge in [0.1, 0.15) is 0 Å². The lowest BCUT2D eigenvalue weighted by Gasteiger charge is -2.00. The van der Waals surface area contributed by atoms with Crippen LogP contribution in [0.25, 0.3) is 0 Å². The van der Waals surface area contributed by atoms with E-state index >= 15 is 0 Å². The van der Waals surface area contributed by atoms with Crippen LogP contribution in [0.4, 0.5) is 5.69 Å². The molecule has 0 aliphatic carbocycles. The van der Waals surface area contributed by atoms with Crippen LogP contribution in [0.1, 0.15) is 12.5 Å². The summed E-state index contributed by atoms with van der Waals surface area (Å²) in [7, 11) is 0. The highest BCUT2D eigenvalue weighted by Gasteiger charge is 1.95. The standard InChI is InChI=1S/C8H10IN/c1-2-6-3-4-7(10)5-8(6)9/h3-5H,2,10H2,1H3. The largest absolute Gasteiger partial charge is 0.399 e. The minimum absolute atomic E-state index is 0.849. The number of halogens is 1. The van der Waals surface area contributed by atoms with Gasteiger partial charge in [0.15, 0.2) is 0 Å². The fourth-order valence-corrected chi connectivity index (χ4v) is 1.77. The maximum absolute atomic E-state index is 5.58. The lowest BCUT2D eigenvalue weighted by molar-refractivity contribution is 1.13. The Hall–Kier alpha value is -0.250. The van der Waals surface area contributed by atoms with Crippen molar-refractivity contribution in [3.63, 3.8) is 0 Å². The zero-order valence-electron chi connectivity index (χ0n) is 5.89. The van der Waals surface area contributed by atoms with Gasteiger partial charge in [0.25, 0.3) is 0 Å². The van der Waals surface area contributed by atoms with E-state index in [-0.39, 0.29) is 0 Å². The van der Waals surface area contributed by atoms with Crippen LogP contribution in [0.3, 0.4) is 0 Å². The van der Waals surface area contributed by atoms with E-state index in [0.717, 1.165) is 12.1 Å². The number of hydrogen-bond donors (Lipinski definition) is 1. The number of benzene rings is 1. The summed E-state index contributed by atoms with van der Waals surface area (Å²) in [6.07, 6.45) is 1.08. The average molecular weight is 247 g/mol. The van der Waals surface area contributed by atoms with Gasteiger partial charge >= 0.3 is 0 Å². The molecule has 0 heterocycles. The van der Waals surface area contributed by atoms with Gasteiger partial charge in [0, 0.05) is 9.26 Å². The van der Waals surface area contributed by atoms with Gasteiger partial charge in [-0.25, -0.2) is 0 Å². The van der Waals surface area contributed by atoms with Crippen LogP contribution < -0.4 is 5.73 Å². The quantitative estimate of drug-likeness (QED) is 0.598. The van der Waals surface area contributed by atoms with Crippen molar-refractivity contribution in [3.8, 4) is 0 Å². The Balaban J connectivity index is 3.07. The Labute approximate surface area is 74.8 Å². The molecule has 0 unspecified atom stereocenters. The molecule has 0 saturated heterocycles. The van der Waals surface area contributed by atoms with Crippen LogP contribution in [-0.2, 0) is 6.42 Å². The van der Waals surface area contributed by atoms with E-state index in [4.69, 9.17) is 5.73 Å². The van der Waals surface area contributed by atoms with E-state index in [1.807, 2.05) is 12.1 Å². The Morgan fingerprint density at radius 2 is 2.20 bits per heavy atom. The highest BCUT2D eigenvalue weighted by Crippen LogP contribution is 2.15. The Morgan fingerprint density at radius 3 is 2.70 bits per heavy atom. The van der Waals surface area contributed by atoms with Gasteiger partial charge in [-0.3, -0.25) is 0 Å². The summed E-state index contributed by atoms with van der Waals surface area (Å²) in [6, 6.07) is 6.03. The molecule has 10 heavy (non-hydrogen) atoms. The predicted octanol–water partition coefficient (Wildman–Crippen LogP) is 2.44. The zero-order valence-corrected chi connectivity index (χ0v) is 8.05. The Kier molecular flexibility index (Phi) is 2.54. The molecule has 2 N–H and O–H groups in total. The summed E-state index contributed by atoms with van der Waals surface area (Å²) in [5.41, 5.74) is 7.80. The van der Waals surface area contributed by atoms with Crippen molar-refractivity contribution in [3.05, 3.63) is 27.3 Å². The van der Waals surface area contributed by atoms with E-state index in [2.05, 4.69) is 35.6 Å².